The second kappa shape index (κ2) is 7.65. The molecule has 1 aliphatic rings. The van der Waals surface area contributed by atoms with E-state index in [1.807, 2.05) is 0 Å². The van der Waals surface area contributed by atoms with Gasteiger partial charge in [-0.1, -0.05) is 6.92 Å². The topological polar surface area (TPSA) is 59.1 Å². The lowest BCUT2D eigenvalue weighted by atomic mass is 10.1. The van der Waals surface area contributed by atoms with Gasteiger partial charge in [-0.2, -0.15) is 4.98 Å². The lowest BCUT2D eigenvalue weighted by molar-refractivity contribution is 0.0247. The van der Waals surface area contributed by atoms with Crippen LogP contribution < -0.4 is 10.6 Å². The molecule has 1 atom stereocenters. The van der Waals surface area contributed by atoms with Crippen LogP contribution in [0.25, 0.3) is 0 Å². The molecule has 1 aliphatic heterocycles. The first kappa shape index (κ1) is 14.5. The Morgan fingerprint density at radius 3 is 3.05 bits per heavy atom. The zero-order valence-electron chi connectivity index (χ0n) is 11.3. The van der Waals surface area contributed by atoms with Crippen LogP contribution in [0.4, 0.5) is 11.8 Å². The first-order valence-electron chi connectivity index (χ1n) is 6.91. The van der Waals surface area contributed by atoms with Gasteiger partial charge in [0, 0.05) is 25.9 Å². The maximum Gasteiger partial charge on any atom is 0.224 e. The molecule has 0 aromatic carbocycles. The van der Waals surface area contributed by atoms with Crippen molar-refractivity contribution in [2.75, 3.05) is 30.3 Å². The SMILES string of the molecule is CCCNc1ncc(Br)c(NCC2CCCCO2)n1. The highest BCUT2D eigenvalue weighted by Gasteiger charge is 2.14. The predicted octanol–water partition coefficient (Wildman–Crippen LogP) is 3.04. The van der Waals surface area contributed by atoms with Crippen LogP contribution in [-0.2, 0) is 4.74 Å². The molecule has 106 valence electrons. The number of nitrogens with zero attached hydrogens (tertiary/aromatic N) is 2. The summed E-state index contributed by atoms with van der Waals surface area (Å²) in [6, 6.07) is 0. The molecule has 2 rings (SSSR count). The van der Waals surface area contributed by atoms with Crippen molar-refractivity contribution in [1.29, 1.82) is 0 Å². The normalized spacial score (nSPS) is 19.2. The van der Waals surface area contributed by atoms with Gasteiger partial charge in [0.2, 0.25) is 5.95 Å². The molecule has 2 N–H and O–H groups in total. The summed E-state index contributed by atoms with van der Waals surface area (Å²) in [6.45, 7) is 4.67. The molecule has 1 aromatic rings. The fourth-order valence-corrected chi connectivity index (χ4v) is 2.32. The van der Waals surface area contributed by atoms with Crippen molar-refractivity contribution in [2.45, 2.75) is 38.7 Å². The quantitative estimate of drug-likeness (QED) is 0.840. The highest BCUT2D eigenvalue weighted by atomic mass is 79.9. The van der Waals surface area contributed by atoms with E-state index in [1.54, 1.807) is 6.20 Å². The van der Waals surface area contributed by atoms with E-state index in [4.69, 9.17) is 4.74 Å². The molecule has 5 nitrogen and oxygen atoms in total. The van der Waals surface area contributed by atoms with Crippen LogP contribution in [0.5, 0.6) is 0 Å². The van der Waals surface area contributed by atoms with Crippen molar-refractivity contribution in [3.8, 4) is 0 Å². The van der Waals surface area contributed by atoms with Gasteiger partial charge in [0.1, 0.15) is 5.82 Å². The van der Waals surface area contributed by atoms with Crippen molar-refractivity contribution in [3.05, 3.63) is 10.7 Å². The molecule has 1 fully saturated rings. The number of hydrogen-bond acceptors (Lipinski definition) is 5. The Kier molecular flexibility index (Phi) is 5.85. The van der Waals surface area contributed by atoms with Crippen LogP contribution >= 0.6 is 15.9 Å². The molecule has 1 saturated heterocycles. The van der Waals surface area contributed by atoms with E-state index in [0.717, 1.165) is 42.8 Å². The first-order valence-corrected chi connectivity index (χ1v) is 7.70. The summed E-state index contributed by atoms with van der Waals surface area (Å²) in [5, 5.41) is 6.52. The van der Waals surface area contributed by atoms with Gasteiger partial charge in [-0.15, -0.1) is 0 Å². The summed E-state index contributed by atoms with van der Waals surface area (Å²) in [7, 11) is 0. The van der Waals surface area contributed by atoms with Crippen molar-refractivity contribution in [1.82, 2.24) is 9.97 Å². The summed E-state index contributed by atoms with van der Waals surface area (Å²) >= 11 is 3.47. The molecular formula is C13H21BrN4O. The minimum absolute atomic E-state index is 0.294. The van der Waals surface area contributed by atoms with Gasteiger partial charge in [-0.3, -0.25) is 0 Å². The van der Waals surface area contributed by atoms with E-state index in [2.05, 4.69) is 43.5 Å². The van der Waals surface area contributed by atoms with E-state index in [-0.39, 0.29) is 0 Å². The Labute approximate surface area is 122 Å². The average Bonchev–Trinajstić information content (AvgIpc) is 2.46. The molecular weight excluding hydrogens is 308 g/mol. The molecule has 0 amide bonds. The highest BCUT2D eigenvalue weighted by molar-refractivity contribution is 9.10. The second-order valence-corrected chi connectivity index (χ2v) is 5.54. The molecule has 2 heterocycles. The van der Waals surface area contributed by atoms with Gasteiger partial charge in [-0.05, 0) is 41.6 Å². The van der Waals surface area contributed by atoms with Crippen LogP contribution in [0.2, 0.25) is 0 Å². The first-order chi connectivity index (χ1) is 9.29. The molecule has 0 bridgehead atoms. The summed E-state index contributed by atoms with van der Waals surface area (Å²) in [5.74, 6) is 1.49. The van der Waals surface area contributed by atoms with Gasteiger partial charge in [-0.25, -0.2) is 4.98 Å². The molecule has 0 radical (unpaired) electrons. The zero-order valence-corrected chi connectivity index (χ0v) is 12.9. The Morgan fingerprint density at radius 1 is 1.42 bits per heavy atom. The van der Waals surface area contributed by atoms with E-state index >= 15 is 0 Å². The van der Waals surface area contributed by atoms with Crippen molar-refractivity contribution in [3.63, 3.8) is 0 Å². The van der Waals surface area contributed by atoms with Crippen LogP contribution in [0, 0.1) is 0 Å². The molecule has 19 heavy (non-hydrogen) atoms. The lowest BCUT2D eigenvalue weighted by Crippen LogP contribution is -2.27. The maximum absolute atomic E-state index is 5.70. The zero-order chi connectivity index (χ0) is 13.5. The van der Waals surface area contributed by atoms with E-state index in [9.17, 15) is 0 Å². The fraction of sp³-hybridized carbons (Fsp3) is 0.692. The Hall–Kier alpha value is -0.880. The summed E-state index contributed by atoms with van der Waals surface area (Å²) in [6.07, 6.45) is 6.67. The Morgan fingerprint density at radius 2 is 2.32 bits per heavy atom. The number of aromatic nitrogens is 2. The molecule has 0 saturated carbocycles. The molecule has 1 unspecified atom stereocenters. The number of anilines is 2. The third-order valence-corrected chi connectivity index (χ3v) is 3.63. The number of hydrogen-bond donors (Lipinski definition) is 2. The van der Waals surface area contributed by atoms with Crippen LogP contribution in [0.3, 0.4) is 0 Å². The molecule has 0 aliphatic carbocycles. The summed E-state index contributed by atoms with van der Waals surface area (Å²) < 4.78 is 6.58. The van der Waals surface area contributed by atoms with E-state index < -0.39 is 0 Å². The van der Waals surface area contributed by atoms with Crippen LogP contribution in [0.15, 0.2) is 10.7 Å². The van der Waals surface area contributed by atoms with Gasteiger partial charge >= 0.3 is 0 Å². The van der Waals surface area contributed by atoms with Gasteiger partial charge in [0.05, 0.1) is 10.6 Å². The standard InChI is InChI=1S/C13H21BrN4O/c1-2-6-15-13-17-9-11(14)12(18-13)16-8-10-5-3-4-7-19-10/h9-10H,2-8H2,1H3,(H2,15,16,17,18). The predicted molar refractivity (Wildman–Crippen MR) is 80.6 cm³/mol. The smallest absolute Gasteiger partial charge is 0.224 e. The van der Waals surface area contributed by atoms with Crippen molar-refractivity contribution < 1.29 is 4.74 Å². The molecule has 6 heteroatoms. The van der Waals surface area contributed by atoms with Crippen molar-refractivity contribution in [2.24, 2.45) is 0 Å². The molecule has 0 spiro atoms. The highest BCUT2D eigenvalue weighted by Crippen LogP contribution is 2.21. The van der Waals surface area contributed by atoms with Gasteiger partial charge in [0.25, 0.3) is 0 Å². The van der Waals surface area contributed by atoms with Crippen LogP contribution in [0.1, 0.15) is 32.6 Å². The number of rotatable bonds is 6. The Bertz CT molecular complexity index is 396. The number of nitrogens with one attached hydrogen (secondary N) is 2. The van der Waals surface area contributed by atoms with Gasteiger partial charge < -0.3 is 15.4 Å². The van der Waals surface area contributed by atoms with Crippen molar-refractivity contribution >= 4 is 27.7 Å². The average molecular weight is 329 g/mol. The lowest BCUT2D eigenvalue weighted by Gasteiger charge is -2.23. The Balaban J connectivity index is 1.90. The molecule has 1 aromatic heterocycles. The third-order valence-electron chi connectivity index (χ3n) is 3.05. The van der Waals surface area contributed by atoms with Gasteiger partial charge in [0.15, 0.2) is 0 Å². The second-order valence-electron chi connectivity index (χ2n) is 4.69. The summed E-state index contributed by atoms with van der Waals surface area (Å²) in [5.41, 5.74) is 0. The van der Waals surface area contributed by atoms with Crippen LogP contribution in [-0.4, -0.2) is 35.8 Å². The maximum atomic E-state index is 5.70. The number of halogens is 1. The third kappa shape index (κ3) is 4.62. The number of ether oxygens (including phenoxy) is 1. The minimum Gasteiger partial charge on any atom is -0.376 e. The van der Waals surface area contributed by atoms with E-state index in [1.165, 1.54) is 12.8 Å². The van der Waals surface area contributed by atoms with E-state index in [0.29, 0.717) is 12.1 Å². The fourth-order valence-electron chi connectivity index (χ4n) is 1.99. The largest absolute Gasteiger partial charge is 0.376 e. The monoisotopic (exact) mass is 328 g/mol. The minimum atomic E-state index is 0.294. The summed E-state index contributed by atoms with van der Waals surface area (Å²) in [4.78, 5) is 8.69.